The van der Waals surface area contributed by atoms with Gasteiger partial charge in [-0.15, -0.1) is 0 Å². The van der Waals surface area contributed by atoms with Crippen LogP contribution in [0.15, 0.2) is 46.6 Å². The fourth-order valence-electron chi connectivity index (χ4n) is 2.72. The Morgan fingerprint density at radius 2 is 1.29 bits per heavy atom. The highest BCUT2D eigenvalue weighted by Crippen LogP contribution is 2.30. The first kappa shape index (κ1) is 29.1. The SMILES string of the molecule is O=[N+]([O-])c1ccc(NN=CC(=NNc2ccc([N+](=O)[O-])cc2[N+](=O)[O-])[C@@H](O)[C@H](O)[C@H](O)CO)c([N+](=O)[O-])c1. The summed E-state index contributed by atoms with van der Waals surface area (Å²) in [6.07, 6.45) is -5.36. The summed E-state index contributed by atoms with van der Waals surface area (Å²) in [7, 11) is 0. The van der Waals surface area contributed by atoms with Crippen LogP contribution in [0.3, 0.4) is 0 Å². The van der Waals surface area contributed by atoms with Crippen molar-refractivity contribution in [1.82, 2.24) is 0 Å². The van der Waals surface area contributed by atoms with Crippen LogP contribution in [0.4, 0.5) is 34.1 Å². The van der Waals surface area contributed by atoms with Crippen LogP contribution in [0.5, 0.6) is 0 Å². The minimum Gasteiger partial charge on any atom is -0.394 e. The molecule has 0 aromatic heterocycles. The second kappa shape index (κ2) is 12.7. The molecule has 0 saturated carbocycles. The van der Waals surface area contributed by atoms with E-state index in [2.05, 4.69) is 21.1 Å². The van der Waals surface area contributed by atoms with E-state index in [1.54, 1.807) is 0 Å². The number of anilines is 2. The Morgan fingerprint density at radius 3 is 1.71 bits per heavy atom. The molecule has 20 heteroatoms. The van der Waals surface area contributed by atoms with Crippen molar-refractivity contribution < 1.29 is 40.1 Å². The molecule has 3 atom stereocenters. The zero-order valence-corrected chi connectivity index (χ0v) is 18.7. The van der Waals surface area contributed by atoms with E-state index in [1.807, 2.05) is 0 Å². The number of non-ortho nitro benzene ring substituents is 2. The number of hydrogen-bond donors (Lipinski definition) is 6. The van der Waals surface area contributed by atoms with E-state index in [0.29, 0.717) is 18.3 Å². The van der Waals surface area contributed by atoms with Gasteiger partial charge in [-0.05, 0) is 12.1 Å². The van der Waals surface area contributed by atoms with E-state index in [0.717, 1.165) is 24.3 Å². The highest BCUT2D eigenvalue weighted by molar-refractivity contribution is 6.33. The van der Waals surface area contributed by atoms with Crippen molar-refractivity contribution in [2.45, 2.75) is 18.3 Å². The minimum absolute atomic E-state index is 0.333. The van der Waals surface area contributed by atoms with Gasteiger partial charge in [0, 0.05) is 12.1 Å². The first-order valence-corrected chi connectivity index (χ1v) is 10.0. The Kier molecular flexibility index (Phi) is 9.70. The van der Waals surface area contributed by atoms with Gasteiger partial charge < -0.3 is 20.4 Å². The van der Waals surface area contributed by atoms with Crippen molar-refractivity contribution in [3.05, 3.63) is 76.9 Å². The standard InChI is InChI=1S/C18H18N8O12/c27-8-16(28)18(30)17(29)13(22-21-12-4-2-10(24(33)34)6-15(12)26(37)38)7-19-20-11-3-1-9(23(31)32)5-14(11)25(35)36/h1-7,16-18,20-21,27-30H,8H2/t16-,17-,18-/m1/s1. The van der Waals surface area contributed by atoms with Gasteiger partial charge in [0.05, 0.1) is 44.6 Å². The first-order valence-electron chi connectivity index (χ1n) is 10.0. The highest BCUT2D eigenvalue weighted by atomic mass is 16.6. The summed E-state index contributed by atoms with van der Waals surface area (Å²) >= 11 is 0. The van der Waals surface area contributed by atoms with Gasteiger partial charge in [-0.1, -0.05) is 0 Å². The third-order valence-electron chi connectivity index (χ3n) is 4.67. The molecule has 0 saturated heterocycles. The predicted molar refractivity (Wildman–Crippen MR) is 128 cm³/mol. The molecule has 0 bridgehead atoms. The van der Waals surface area contributed by atoms with Crippen LogP contribution in [0.2, 0.25) is 0 Å². The predicted octanol–water partition coefficient (Wildman–Crippen LogP) is 0.260. The Balaban J connectivity index is 2.44. The summed E-state index contributed by atoms with van der Waals surface area (Å²) in [5.41, 5.74) is 0.248. The molecule has 0 unspecified atom stereocenters. The van der Waals surface area contributed by atoms with Crippen LogP contribution in [0.25, 0.3) is 0 Å². The number of benzene rings is 2. The maximum atomic E-state index is 11.3. The van der Waals surface area contributed by atoms with Gasteiger partial charge >= 0.3 is 11.4 Å². The Labute approximate surface area is 209 Å². The Hall–Kier alpha value is -5.18. The van der Waals surface area contributed by atoms with Gasteiger partial charge in [-0.2, -0.15) is 10.2 Å². The molecule has 0 aliphatic carbocycles. The van der Waals surface area contributed by atoms with Gasteiger partial charge in [0.2, 0.25) is 0 Å². The maximum Gasteiger partial charge on any atom is 0.301 e. The van der Waals surface area contributed by atoms with E-state index in [-0.39, 0.29) is 5.69 Å². The molecule has 2 rings (SSSR count). The summed E-state index contributed by atoms with van der Waals surface area (Å²) in [5.74, 6) is 0. The van der Waals surface area contributed by atoms with Crippen LogP contribution < -0.4 is 10.9 Å². The van der Waals surface area contributed by atoms with E-state index in [4.69, 9.17) is 5.11 Å². The number of rotatable bonds is 13. The summed E-state index contributed by atoms with van der Waals surface area (Å²) in [5, 5.41) is 90.6. The molecule has 0 heterocycles. The fourth-order valence-corrected chi connectivity index (χ4v) is 2.72. The minimum atomic E-state index is -2.10. The summed E-state index contributed by atoms with van der Waals surface area (Å²) in [6.45, 7) is -0.989. The average Bonchev–Trinajstić information content (AvgIpc) is 2.88. The number of nitro benzene ring substituents is 4. The quantitative estimate of drug-likeness (QED) is 0.113. The van der Waals surface area contributed by atoms with Crippen molar-refractivity contribution in [2.75, 3.05) is 17.5 Å². The second-order valence-corrected chi connectivity index (χ2v) is 7.14. The lowest BCUT2D eigenvalue weighted by Crippen LogP contribution is -2.44. The van der Waals surface area contributed by atoms with Gasteiger partial charge in [0.25, 0.3) is 11.4 Å². The number of nitro groups is 4. The molecule has 0 spiro atoms. The Morgan fingerprint density at radius 1 is 0.816 bits per heavy atom. The van der Waals surface area contributed by atoms with Crippen molar-refractivity contribution in [1.29, 1.82) is 0 Å². The molecule has 0 radical (unpaired) electrons. The average molecular weight is 538 g/mol. The summed E-state index contributed by atoms with van der Waals surface area (Å²) in [6, 6.07) is 5.02. The zero-order chi connectivity index (χ0) is 28.6. The Bertz CT molecular complexity index is 1300. The van der Waals surface area contributed by atoms with E-state index in [1.165, 1.54) is 0 Å². The first-order chi connectivity index (χ1) is 17.9. The lowest BCUT2D eigenvalue weighted by atomic mass is 10.0. The van der Waals surface area contributed by atoms with Crippen molar-refractivity contribution in [3.8, 4) is 0 Å². The summed E-state index contributed by atoms with van der Waals surface area (Å²) in [4.78, 5) is 40.7. The van der Waals surface area contributed by atoms with Gasteiger partial charge in [-0.3, -0.25) is 51.3 Å². The molecule has 0 amide bonds. The molecule has 2 aromatic carbocycles. The van der Waals surface area contributed by atoms with Crippen LogP contribution >= 0.6 is 0 Å². The largest absolute Gasteiger partial charge is 0.394 e. The van der Waals surface area contributed by atoms with Crippen LogP contribution in [-0.4, -0.2) is 77.0 Å². The van der Waals surface area contributed by atoms with Gasteiger partial charge in [-0.25, -0.2) is 0 Å². The number of hydrazone groups is 2. The van der Waals surface area contributed by atoms with E-state index < -0.39 is 78.8 Å². The van der Waals surface area contributed by atoms with Gasteiger partial charge in [0.15, 0.2) is 0 Å². The van der Waals surface area contributed by atoms with Crippen molar-refractivity contribution >= 4 is 46.1 Å². The molecule has 38 heavy (non-hydrogen) atoms. The summed E-state index contributed by atoms with van der Waals surface area (Å²) < 4.78 is 0. The maximum absolute atomic E-state index is 11.3. The highest BCUT2D eigenvalue weighted by Gasteiger charge is 2.28. The molecule has 6 N–H and O–H groups in total. The number of nitrogens with one attached hydrogen (secondary N) is 2. The topological polar surface area (TPSA) is 302 Å². The normalized spacial score (nSPS) is 13.9. The monoisotopic (exact) mass is 538 g/mol. The third-order valence-corrected chi connectivity index (χ3v) is 4.67. The lowest BCUT2D eigenvalue weighted by molar-refractivity contribution is -0.393. The molecular formula is C18H18N8O12. The van der Waals surface area contributed by atoms with E-state index in [9.17, 15) is 55.8 Å². The second-order valence-electron chi connectivity index (χ2n) is 7.14. The van der Waals surface area contributed by atoms with Crippen molar-refractivity contribution in [2.24, 2.45) is 10.2 Å². The van der Waals surface area contributed by atoms with Crippen LogP contribution in [0.1, 0.15) is 0 Å². The van der Waals surface area contributed by atoms with Crippen molar-refractivity contribution in [3.63, 3.8) is 0 Å². The molecule has 0 fully saturated rings. The lowest BCUT2D eigenvalue weighted by Gasteiger charge is -2.21. The number of nitrogens with zero attached hydrogens (tertiary/aromatic N) is 6. The third kappa shape index (κ3) is 7.17. The number of aliphatic hydroxyl groups excluding tert-OH is 4. The molecule has 202 valence electrons. The zero-order valence-electron chi connectivity index (χ0n) is 18.7. The molecule has 0 aliphatic rings. The van der Waals surface area contributed by atoms with Crippen LogP contribution in [-0.2, 0) is 0 Å². The fraction of sp³-hybridized carbons (Fsp3) is 0.222. The molecule has 2 aromatic rings. The molecule has 20 nitrogen and oxygen atoms in total. The van der Waals surface area contributed by atoms with Gasteiger partial charge in [0.1, 0.15) is 35.4 Å². The van der Waals surface area contributed by atoms with E-state index >= 15 is 0 Å². The number of aliphatic hydroxyl groups is 4. The van der Waals surface area contributed by atoms with Crippen LogP contribution in [0, 0.1) is 40.5 Å². The smallest absolute Gasteiger partial charge is 0.301 e. The molecule has 0 aliphatic heterocycles. The molecular weight excluding hydrogens is 520 g/mol. The number of hydrogen-bond acceptors (Lipinski definition) is 16.